The van der Waals surface area contributed by atoms with Crippen molar-refractivity contribution >= 4 is 46.4 Å². The highest BCUT2D eigenvalue weighted by atomic mass is 32.1. The molecule has 172 valence electrons. The summed E-state index contributed by atoms with van der Waals surface area (Å²) in [5, 5.41) is 15.6. The van der Waals surface area contributed by atoms with E-state index < -0.39 is 16.7 Å². The zero-order valence-electron chi connectivity index (χ0n) is 17.8. The van der Waals surface area contributed by atoms with Crippen molar-refractivity contribution in [2.45, 2.75) is 6.92 Å². The van der Waals surface area contributed by atoms with Crippen LogP contribution in [-0.4, -0.2) is 27.8 Å². The van der Waals surface area contributed by atoms with E-state index >= 15 is 0 Å². The van der Waals surface area contributed by atoms with E-state index in [0.29, 0.717) is 11.3 Å². The highest BCUT2D eigenvalue weighted by Gasteiger charge is 2.13. The minimum Gasteiger partial charge on any atom is -0.322 e. The number of non-ortho nitro benzene ring substituents is 1. The van der Waals surface area contributed by atoms with Gasteiger partial charge in [-0.2, -0.15) is 0 Å². The molecule has 0 heterocycles. The maximum Gasteiger partial charge on any atom is 0.269 e. The summed E-state index contributed by atoms with van der Waals surface area (Å²) in [5.74, 6) is -1.38. The summed E-state index contributed by atoms with van der Waals surface area (Å²) in [6, 6.07) is 18.4. The molecule has 0 atom stereocenters. The molecule has 3 aromatic rings. The predicted octanol–water partition coefficient (Wildman–Crippen LogP) is 3.10. The van der Waals surface area contributed by atoms with Crippen molar-refractivity contribution < 1.29 is 19.3 Å². The molecular weight excluding hydrogens is 458 g/mol. The molecule has 3 aromatic carbocycles. The fourth-order valence-electron chi connectivity index (χ4n) is 2.86. The van der Waals surface area contributed by atoms with E-state index in [9.17, 15) is 24.5 Å². The lowest BCUT2D eigenvalue weighted by atomic mass is 10.1. The van der Waals surface area contributed by atoms with E-state index in [4.69, 9.17) is 12.2 Å². The molecule has 0 spiro atoms. The number of hydrogen-bond donors (Lipinski definition) is 4. The molecule has 0 saturated heterocycles. The van der Waals surface area contributed by atoms with E-state index in [2.05, 4.69) is 21.5 Å². The van der Waals surface area contributed by atoms with Crippen LogP contribution >= 0.6 is 12.2 Å². The first kappa shape index (κ1) is 24.0. The molecule has 0 bridgehead atoms. The quantitative estimate of drug-likeness (QED) is 0.251. The molecule has 4 N–H and O–H groups in total. The van der Waals surface area contributed by atoms with Crippen LogP contribution in [0.2, 0.25) is 0 Å². The summed E-state index contributed by atoms with van der Waals surface area (Å²) in [5.41, 5.74) is 6.97. The Kier molecular flexibility index (Phi) is 7.62. The summed E-state index contributed by atoms with van der Waals surface area (Å²) < 4.78 is 0. The zero-order chi connectivity index (χ0) is 24.7. The molecule has 34 heavy (non-hydrogen) atoms. The molecular formula is C23H19N5O5S. The fraction of sp³-hybridized carbons (Fsp3) is 0.0435. The summed E-state index contributed by atoms with van der Waals surface area (Å²) in [4.78, 5) is 46.9. The van der Waals surface area contributed by atoms with E-state index in [1.807, 2.05) is 19.1 Å². The van der Waals surface area contributed by atoms with Gasteiger partial charge in [-0.25, -0.2) is 0 Å². The monoisotopic (exact) mass is 477 g/mol. The number of hydrazine groups is 1. The zero-order valence-corrected chi connectivity index (χ0v) is 18.6. The Bertz CT molecular complexity index is 1260. The Morgan fingerprint density at radius 3 is 2.00 bits per heavy atom. The molecule has 0 aliphatic rings. The average molecular weight is 478 g/mol. The Labute approximate surface area is 199 Å². The molecule has 0 radical (unpaired) electrons. The van der Waals surface area contributed by atoms with E-state index in [0.717, 1.165) is 5.56 Å². The number of carbonyl (C=O) groups excluding carboxylic acids is 3. The molecule has 3 amide bonds. The number of rotatable bonds is 5. The largest absolute Gasteiger partial charge is 0.322 e. The van der Waals surface area contributed by atoms with Crippen molar-refractivity contribution in [3.63, 3.8) is 0 Å². The number of aryl methyl sites for hydroxylation is 1. The molecule has 0 unspecified atom stereocenters. The molecule has 0 fully saturated rings. The van der Waals surface area contributed by atoms with Crippen molar-refractivity contribution in [1.29, 1.82) is 0 Å². The van der Waals surface area contributed by atoms with Crippen molar-refractivity contribution in [3.8, 4) is 0 Å². The van der Waals surface area contributed by atoms with Gasteiger partial charge in [0.25, 0.3) is 23.4 Å². The summed E-state index contributed by atoms with van der Waals surface area (Å²) in [7, 11) is 0. The van der Waals surface area contributed by atoms with Gasteiger partial charge in [-0.1, -0.05) is 18.2 Å². The number of nitro groups is 1. The molecule has 0 aliphatic heterocycles. The summed E-state index contributed by atoms with van der Waals surface area (Å²) in [6.45, 7) is 1.84. The SMILES string of the molecule is Cc1ccccc1C(=O)Nc1ccc(C(=O)NNC(=S)NC(=O)c2ccc([N+](=O)[O-])cc2)cc1. The lowest BCUT2D eigenvalue weighted by Crippen LogP contribution is -2.48. The van der Waals surface area contributed by atoms with Crippen molar-refractivity contribution in [3.05, 3.63) is 105 Å². The molecule has 11 heteroatoms. The van der Waals surface area contributed by atoms with Crippen LogP contribution < -0.4 is 21.5 Å². The number of carbonyl (C=O) groups is 3. The lowest BCUT2D eigenvalue weighted by molar-refractivity contribution is -0.384. The minimum atomic E-state index is -0.601. The van der Waals surface area contributed by atoms with Gasteiger partial charge in [-0.3, -0.25) is 40.7 Å². The van der Waals surface area contributed by atoms with Crippen LogP contribution in [0.25, 0.3) is 0 Å². The summed E-state index contributed by atoms with van der Waals surface area (Å²) in [6.07, 6.45) is 0. The van der Waals surface area contributed by atoms with Gasteiger partial charge >= 0.3 is 0 Å². The molecule has 10 nitrogen and oxygen atoms in total. The van der Waals surface area contributed by atoms with Crippen molar-refractivity contribution in [2.24, 2.45) is 0 Å². The van der Waals surface area contributed by atoms with Crippen LogP contribution in [0.3, 0.4) is 0 Å². The normalized spacial score (nSPS) is 10.0. The molecule has 3 rings (SSSR count). The Balaban J connectivity index is 1.50. The lowest BCUT2D eigenvalue weighted by Gasteiger charge is -2.11. The second-order valence-electron chi connectivity index (χ2n) is 7.01. The Morgan fingerprint density at radius 1 is 0.794 bits per heavy atom. The molecule has 0 saturated carbocycles. The Hall–Kier alpha value is -4.64. The third-order valence-electron chi connectivity index (χ3n) is 4.65. The second kappa shape index (κ2) is 10.8. The van der Waals surface area contributed by atoms with Crippen LogP contribution in [0.5, 0.6) is 0 Å². The number of benzene rings is 3. The van der Waals surface area contributed by atoms with Crippen LogP contribution in [0.1, 0.15) is 36.6 Å². The maximum absolute atomic E-state index is 12.4. The fourth-order valence-corrected chi connectivity index (χ4v) is 3.00. The molecule has 0 aliphatic carbocycles. The number of nitro benzene ring substituents is 1. The van der Waals surface area contributed by atoms with Gasteiger partial charge in [0.15, 0.2) is 5.11 Å². The van der Waals surface area contributed by atoms with Gasteiger partial charge in [0, 0.05) is 34.5 Å². The van der Waals surface area contributed by atoms with Crippen molar-refractivity contribution in [2.75, 3.05) is 5.32 Å². The number of nitrogens with one attached hydrogen (secondary N) is 4. The highest BCUT2D eigenvalue weighted by Crippen LogP contribution is 2.14. The van der Waals surface area contributed by atoms with Gasteiger partial charge in [0.1, 0.15) is 0 Å². The first-order chi connectivity index (χ1) is 16.2. The number of nitrogens with zero attached hydrogens (tertiary/aromatic N) is 1. The van der Waals surface area contributed by atoms with Crippen LogP contribution in [-0.2, 0) is 0 Å². The van der Waals surface area contributed by atoms with Gasteiger partial charge in [0.2, 0.25) is 0 Å². The smallest absolute Gasteiger partial charge is 0.269 e. The number of thiocarbonyl (C=S) groups is 1. The number of hydrogen-bond acceptors (Lipinski definition) is 6. The standard InChI is InChI=1S/C23H19N5O5S/c1-14-4-2-3-5-19(14)22(31)24-17-10-6-16(7-11-17)21(30)26-27-23(34)25-20(29)15-8-12-18(13-9-15)28(32)33/h2-13H,1H3,(H,24,31)(H,26,30)(H2,25,27,29,34). The predicted molar refractivity (Wildman–Crippen MR) is 129 cm³/mol. The van der Waals surface area contributed by atoms with Gasteiger partial charge < -0.3 is 5.32 Å². The van der Waals surface area contributed by atoms with Crippen LogP contribution in [0.4, 0.5) is 11.4 Å². The third kappa shape index (κ3) is 6.20. The van der Waals surface area contributed by atoms with Crippen molar-refractivity contribution in [1.82, 2.24) is 16.2 Å². The minimum absolute atomic E-state index is 0.148. The Morgan fingerprint density at radius 2 is 1.38 bits per heavy atom. The highest BCUT2D eigenvalue weighted by molar-refractivity contribution is 7.80. The number of amides is 3. The molecule has 0 aromatic heterocycles. The first-order valence-electron chi connectivity index (χ1n) is 9.88. The first-order valence-corrected chi connectivity index (χ1v) is 10.3. The average Bonchev–Trinajstić information content (AvgIpc) is 2.83. The number of anilines is 1. The maximum atomic E-state index is 12.4. The van der Waals surface area contributed by atoms with Gasteiger partial charge in [-0.15, -0.1) is 0 Å². The van der Waals surface area contributed by atoms with Gasteiger partial charge in [0.05, 0.1) is 4.92 Å². The topological polar surface area (TPSA) is 142 Å². The van der Waals surface area contributed by atoms with E-state index in [1.165, 1.54) is 36.4 Å². The third-order valence-corrected chi connectivity index (χ3v) is 4.86. The van der Waals surface area contributed by atoms with Gasteiger partial charge in [-0.05, 0) is 67.2 Å². The second-order valence-corrected chi connectivity index (χ2v) is 7.42. The van der Waals surface area contributed by atoms with Crippen LogP contribution in [0, 0.1) is 17.0 Å². The van der Waals surface area contributed by atoms with Crippen LogP contribution in [0.15, 0.2) is 72.8 Å². The van der Waals surface area contributed by atoms with E-state index in [1.54, 1.807) is 24.3 Å². The summed E-state index contributed by atoms with van der Waals surface area (Å²) >= 11 is 4.98. The van der Waals surface area contributed by atoms with E-state index in [-0.39, 0.29) is 27.8 Å².